The molecule has 2 N–H and O–H groups in total. The molecule has 0 atom stereocenters. The summed E-state index contributed by atoms with van der Waals surface area (Å²) in [5, 5.41) is 3.34. The summed E-state index contributed by atoms with van der Waals surface area (Å²) in [4.78, 5) is 30.9. The summed E-state index contributed by atoms with van der Waals surface area (Å²) in [6.45, 7) is 0. The van der Waals surface area contributed by atoms with Gasteiger partial charge in [-0.2, -0.15) is 0 Å². The number of aryl methyl sites for hydroxylation is 1. The van der Waals surface area contributed by atoms with Gasteiger partial charge in [0.2, 0.25) is 5.95 Å². The molecule has 0 saturated carbocycles. The molecule has 0 spiro atoms. The van der Waals surface area contributed by atoms with Crippen LogP contribution in [-0.4, -0.2) is 20.4 Å². The first-order chi connectivity index (χ1) is 9.66. The number of nitrogens with one attached hydrogen (secondary N) is 2. The van der Waals surface area contributed by atoms with Crippen LogP contribution in [0.3, 0.4) is 0 Å². The van der Waals surface area contributed by atoms with E-state index in [-0.39, 0.29) is 11.5 Å². The summed E-state index contributed by atoms with van der Waals surface area (Å²) in [6.07, 6.45) is 3.15. The highest BCUT2D eigenvalue weighted by molar-refractivity contribution is 6.11. The van der Waals surface area contributed by atoms with Gasteiger partial charge in [0.15, 0.2) is 0 Å². The zero-order chi connectivity index (χ0) is 14.1. The third-order valence-electron chi connectivity index (χ3n) is 3.13. The average Bonchev–Trinajstić information content (AvgIpc) is 2.95. The lowest BCUT2D eigenvalue weighted by atomic mass is 10.1. The molecule has 3 aromatic rings. The largest absolute Gasteiger partial charge is 0.331 e. The summed E-state index contributed by atoms with van der Waals surface area (Å²) in [7, 11) is 1.68. The van der Waals surface area contributed by atoms with Crippen molar-refractivity contribution in [3.05, 3.63) is 58.6 Å². The summed E-state index contributed by atoms with van der Waals surface area (Å²) in [6, 6.07) is 8.61. The molecule has 0 fully saturated rings. The van der Waals surface area contributed by atoms with Crippen LogP contribution in [0, 0.1) is 0 Å². The molecular formula is C14H12N4O2. The molecule has 100 valence electrons. The van der Waals surface area contributed by atoms with Crippen molar-refractivity contribution in [2.75, 3.05) is 5.32 Å². The summed E-state index contributed by atoms with van der Waals surface area (Å²) >= 11 is 0. The van der Waals surface area contributed by atoms with E-state index in [1.54, 1.807) is 19.3 Å². The van der Waals surface area contributed by atoms with Crippen LogP contribution in [0.1, 0.15) is 10.4 Å². The molecule has 0 aliphatic rings. The first kappa shape index (κ1) is 12.2. The Bertz CT molecular complexity index is 834. The molecular weight excluding hydrogens is 256 g/mol. The van der Waals surface area contributed by atoms with Gasteiger partial charge >= 0.3 is 0 Å². The lowest BCUT2D eigenvalue weighted by molar-refractivity contribution is 0.102. The van der Waals surface area contributed by atoms with Gasteiger partial charge < -0.3 is 9.55 Å². The van der Waals surface area contributed by atoms with Crippen molar-refractivity contribution in [3.63, 3.8) is 0 Å². The fourth-order valence-electron chi connectivity index (χ4n) is 2.11. The first-order valence-electron chi connectivity index (χ1n) is 6.06. The molecule has 0 radical (unpaired) electrons. The Morgan fingerprint density at radius 2 is 2.15 bits per heavy atom. The number of H-pyrrole nitrogens is 1. The normalized spacial score (nSPS) is 10.7. The van der Waals surface area contributed by atoms with Crippen molar-refractivity contribution in [1.29, 1.82) is 0 Å². The second-order valence-corrected chi connectivity index (χ2v) is 4.36. The number of carbonyl (C=O) groups is 1. The van der Waals surface area contributed by atoms with Crippen LogP contribution in [0.15, 0.2) is 47.5 Å². The van der Waals surface area contributed by atoms with E-state index in [1.165, 1.54) is 16.8 Å². The molecule has 0 bridgehead atoms. The van der Waals surface area contributed by atoms with E-state index in [2.05, 4.69) is 15.3 Å². The Balaban J connectivity index is 2.14. The molecule has 0 saturated heterocycles. The van der Waals surface area contributed by atoms with Gasteiger partial charge in [0.25, 0.3) is 11.5 Å². The molecule has 0 unspecified atom stereocenters. The van der Waals surface area contributed by atoms with Gasteiger partial charge in [-0.05, 0) is 6.07 Å². The molecule has 6 nitrogen and oxygen atoms in total. The summed E-state index contributed by atoms with van der Waals surface area (Å²) in [5.41, 5.74) is 0.818. The van der Waals surface area contributed by atoms with Crippen molar-refractivity contribution in [2.45, 2.75) is 0 Å². The number of hydrogen-bond acceptors (Lipinski definition) is 3. The minimum absolute atomic E-state index is 0.228. The minimum Gasteiger partial charge on any atom is -0.331 e. The number of benzene rings is 1. The van der Waals surface area contributed by atoms with Crippen LogP contribution in [0.4, 0.5) is 5.95 Å². The molecule has 1 amide bonds. The van der Waals surface area contributed by atoms with Crippen LogP contribution in [-0.2, 0) is 7.05 Å². The van der Waals surface area contributed by atoms with Crippen molar-refractivity contribution in [3.8, 4) is 0 Å². The van der Waals surface area contributed by atoms with E-state index in [9.17, 15) is 9.59 Å². The standard InChI is InChI=1S/C14H12N4O2/c1-18-11-5-3-2-4-9(11)10(8-12(18)19)13(20)17-14-15-6-7-16-14/h2-8H,1H3,(H2,15,16,17,20). The van der Waals surface area contributed by atoms with E-state index in [0.717, 1.165) is 5.39 Å². The maximum atomic E-state index is 12.3. The van der Waals surface area contributed by atoms with Gasteiger partial charge in [-0.25, -0.2) is 4.98 Å². The highest BCUT2D eigenvalue weighted by atomic mass is 16.2. The third kappa shape index (κ3) is 1.97. The first-order valence-corrected chi connectivity index (χ1v) is 6.06. The maximum absolute atomic E-state index is 12.3. The topological polar surface area (TPSA) is 79.8 Å². The minimum atomic E-state index is -0.367. The van der Waals surface area contributed by atoms with Crippen LogP contribution in [0.5, 0.6) is 0 Å². The van der Waals surface area contributed by atoms with Crippen molar-refractivity contribution in [1.82, 2.24) is 14.5 Å². The highest BCUT2D eigenvalue weighted by Crippen LogP contribution is 2.17. The number of aromatic amines is 1. The Labute approximate surface area is 114 Å². The number of aromatic nitrogens is 3. The predicted octanol–water partition coefficient (Wildman–Crippen LogP) is 1.51. The molecule has 6 heteroatoms. The van der Waals surface area contributed by atoms with Gasteiger partial charge in [0, 0.05) is 30.9 Å². The Morgan fingerprint density at radius 3 is 2.90 bits per heavy atom. The quantitative estimate of drug-likeness (QED) is 0.739. The van der Waals surface area contributed by atoms with E-state index in [4.69, 9.17) is 0 Å². The fourth-order valence-corrected chi connectivity index (χ4v) is 2.11. The monoisotopic (exact) mass is 268 g/mol. The molecule has 2 heterocycles. The number of fused-ring (bicyclic) bond motifs is 1. The molecule has 0 aliphatic heterocycles. The van der Waals surface area contributed by atoms with Crippen LogP contribution in [0.25, 0.3) is 10.9 Å². The van der Waals surface area contributed by atoms with Crippen LogP contribution < -0.4 is 10.9 Å². The van der Waals surface area contributed by atoms with Crippen molar-refractivity contribution in [2.24, 2.45) is 7.05 Å². The van der Waals surface area contributed by atoms with E-state index in [0.29, 0.717) is 17.0 Å². The zero-order valence-corrected chi connectivity index (χ0v) is 10.8. The second kappa shape index (κ2) is 4.65. The lowest BCUT2D eigenvalue weighted by Gasteiger charge is -2.09. The number of rotatable bonds is 2. The number of para-hydroxylation sites is 1. The molecule has 3 rings (SSSR count). The number of imidazole rings is 1. The second-order valence-electron chi connectivity index (χ2n) is 4.36. The Hall–Kier alpha value is -2.89. The highest BCUT2D eigenvalue weighted by Gasteiger charge is 2.14. The fraction of sp³-hybridized carbons (Fsp3) is 0.0714. The van der Waals surface area contributed by atoms with E-state index in [1.807, 2.05) is 18.2 Å². The maximum Gasteiger partial charge on any atom is 0.258 e. The number of carbonyl (C=O) groups excluding carboxylic acids is 1. The smallest absolute Gasteiger partial charge is 0.258 e. The molecule has 20 heavy (non-hydrogen) atoms. The van der Waals surface area contributed by atoms with Crippen LogP contribution in [0.2, 0.25) is 0 Å². The van der Waals surface area contributed by atoms with Crippen molar-refractivity contribution >= 4 is 22.8 Å². The molecule has 0 aliphatic carbocycles. The van der Waals surface area contributed by atoms with Gasteiger partial charge in [0.1, 0.15) is 0 Å². The number of anilines is 1. The Morgan fingerprint density at radius 1 is 1.35 bits per heavy atom. The van der Waals surface area contributed by atoms with E-state index < -0.39 is 0 Å². The summed E-state index contributed by atoms with van der Waals surface area (Å²) in [5.74, 6) is -0.0198. The summed E-state index contributed by atoms with van der Waals surface area (Å²) < 4.78 is 1.51. The average molecular weight is 268 g/mol. The third-order valence-corrected chi connectivity index (χ3v) is 3.13. The number of pyridine rings is 1. The number of hydrogen-bond donors (Lipinski definition) is 2. The molecule has 1 aromatic carbocycles. The van der Waals surface area contributed by atoms with Gasteiger partial charge in [-0.3, -0.25) is 14.9 Å². The van der Waals surface area contributed by atoms with Crippen LogP contribution >= 0.6 is 0 Å². The number of nitrogens with zero attached hydrogens (tertiary/aromatic N) is 2. The van der Waals surface area contributed by atoms with Gasteiger partial charge in [0.05, 0.1) is 11.1 Å². The Kier molecular flexibility index (Phi) is 2.83. The zero-order valence-electron chi connectivity index (χ0n) is 10.8. The lowest BCUT2D eigenvalue weighted by Crippen LogP contribution is -2.21. The van der Waals surface area contributed by atoms with Gasteiger partial charge in [-0.15, -0.1) is 0 Å². The predicted molar refractivity (Wildman–Crippen MR) is 75.7 cm³/mol. The van der Waals surface area contributed by atoms with E-state index >= 15 is 0 Å². The van der Waals surface area contributed by atoms with Gasteiger partial charge in [-0.1, -0.05) is 18.2 Å². The SMILES string of the molecule is Cn1c(=O)cc(C(=O)Nc2ncc[nH]2)c2ccccc21. The van der Waals surface area contributed by atoms with Crippen molar-refractivity contribution < 1.29 is 4.79 Å². The molecule has 2 aromatic heterocycles. The number of amides is 1.